The quantitative estimate of drug-likeness (QED) is 0.770. The van der Waals surface area contributed by atoms with Gasteiger partial charge in [0.05, 0.1) is 5.92 Å². The van der Waals surface area contributed by atoms with Crippen molar-refractivity contribution in [2.45, 2.75) is 25.8 Å². The van der Waals surface area contributed by atoms with Gasteiger partial charge in [-0.15, -0.1) is 0 Å². The lowest BCUT2D eigenvalue weighted by atomic mass is 9.84. The minimum absolute atomic E-state index is 0.0322. The molecule has 0 aromatic rings. The minimum atomic E-state index is -0.796. The summed E-state index contributed by atoms with van der Waals surface area (Å²) in [6.07, 6.45) is 2.33. The number of likely N-dealkylation sites (tertiary alicyclic amines) is 1. The molecule has 0 aliphatic carbocycles. The van der Waals surface area contributed by atoms with E-state index in [4.69, 9.17) is 5.11 Å². The Labute approximate surface area is 119 Å². The summed E-state index contributed by atoms with van der Waals surface area (Å²) in [4.78, 5) is 27.5. The maximum absolute atomic E-state index is 12.3. The molecule has 6 nitrogen and oxygen atoms in total. The molecule has 0 aromatic carbocycles. The van der Waals surface area contributed by atoms with Crippen LogP contribution in [0.4, 0.5) is 4.79 Å². The van der Waals surface area contributed by atoms with E-state index in [1.807, 2.05) is 6.92 Å². The molecule has 4 saturated heterocycles. The van der Waals surface area contributed by atoms with Crippen LogP contribution in [-0.4, -0.2) is 65.7 Å². The van der Waals surface area contributed by atoms with Crippen molar-refractivity contribution in [1.29, 1.82) is 0 Å². The van der Waals surface area contributed by atoms with Crippen LogP contribution in [0, 0.1) is 17.8 Å². The topological polar surface area (TPSA) is 72.9 Å². The average molecular weight is 281 g/mol. The lowest BCUT2D eigenvalue weighted by Crippen LogP contribution is -2.59. The number of carboxylic acids is 1. The third-order valence-corrected chi connectivity index (χ3v) is 5.18. The van der Waals surface area contributed by atoms with Crippen LogP contribution in [0.2, 0.25) is 0 Å². The molecule has 4 rings (SSSR count). The Bertz CT molecular complexity index is 406. The summed E-state index contributed by atoms with van der Waals surface area (Å²) in [5, 5.41) is 12.3. The van der Waals surface area contributed by atoms with Gasteiger partial charge in [0.15, 0.2) is 0 Å². The third kappa shape index (κ3) is 2.49. The molecule has 0 radical (unpaired) electrons. The van der Waals surface area contributed by atoms with Gasteiger partial charge in [0.25, 0.3) is 0 Å². The fourth-order valence-electron chi connectivity index (χ4n) is 3.83. The van der Waals surface area contributed by atoms with Gasteiger partial charge in [-0.2, -0.15) is 0 Å². The van der Waals surface area contributed by atoms with Gasteiger partial charge in [-0.25, -0.2) is 4.79 Å². The lowest BCUT2D eigenvalue weighted by Gasteiger charge is -2.45. The number of hydrogen-bond donors (Lipinski definition) is 2. The van der Waals surface area contributed by atoms with Gasteiger partial charge in [0, 0.05) is 25.7 Å². The van der Waals surface area contributed by atoms with Crippen molar-refractivity contribution in [2.24, 2.45) is 17.8 Å². The highest BCUT2D eigenvalue weighted by Crippen LogP contribution is 2.28. The predicted octanol–water partition coefficient (Wildman–Crippen LogP) is 0.443. The molecule has 4 aliphatic heterocycles. The number of piperidine rings is 3. The number of carbonyl (C=O) groups is 2. The molecule has 3 atom stereocenters. The van der Waals surface area contributed by atoms with Crippen LogP contribution >= 0.6 is 0 Å². The van der Waals surface area contributed by atoms with Crippen LogP contribution in [0.15, 0.2) is 0 Å². The number of fused-ring (bicyclic) bond motifs is 3. The number of carbonyl (C=O) groups excluding carboxylic acids is 1. The molecule has 0 aromatic heterocycles. The van der Waals surface area contributed by atoms with Crippen molar-refractivity contribution in [3.8, 4) is 0 Å². The number of amides is 2. The first-order valence-electron chi connectivity index (χ1n) is 7.55. The Morgan fingerprint density at radius 1 is 1.15 bits per heavy atom. The molecule has 1 unspecified atom stereocenters. The predicted molar refractivity (Wildman–Crippen MR) is 73.3 cm³/mol. The normalized spacial score (nSPS) is 39.9. The van der Waals surface area contributed by atoms with Crippen LogP contribution in [-0.2, 0) is 4.79 Å². The molecule has 0 spiro atoms. The summed E-state index contributed by atoms with van der Waals surface area (Å²) < 4.78 is 0. The third-order valence-electron chi connectivity index (χ3n) is 5.18. The molecule has 6 heteroatoms. The van der Waals surface area contributed by atoms with E-state index in [1.165, 1.54) is 12.8 Å². The molecule has 2 N–H and O–H groups in total. The van der Waals surface area contributed by atoms with Crippen molar-refractivity contribution in [3.63, 3.8) is 0 Å². The molecule has 4 fully saturated rings. The first-order valence-corrected chi connectivity index (χ1v) is 7.55. The van der Waals surface area contributed by atoms with Crippen LogP contribution in [0.5, 0.6) is 0 Å². The molecular formula is C14H23N3O3. The fourth-order valence-corrected chi connectivity index (χ4v) is 3.83. The van der Waals surface area contributed by atoms with E-state index < -0.39 is 11.9 Å². The van der Waals surface area contributed by atoms with Gasteiger partial charge in [0.1, 0.15) is 0 Å². The van der Waals surface area contributed by atoms with Gasteiger partial charge in [0.2, 0.25) is 0 Å². The number of rotatable bonds is 2. The van der Waals surface area contributed by atoms with E-state index in [-0.39, 0.29) is 18.0 Å². The van der Waals surface area contributed by atoms with E-state index >= 15 is 0 Å². The minimum Gasteiger partial charge on any atom is -0.481 e. The second-order valence-electron chi connectivity index (χ2n) is 6.52. The van der Waals surface area contributed by atoms with Crippen LogP contribution in [0.3, 0.4) is 0 Å². The van der Waals surface area contributed by atoms with E-state index in [0.29, 0.717) is 19.0 Å². The number of nitrogens with one attached hydrogen (secondary N) is 1. The van der Waals surface area contributed by atoms with Crippen molar-refractivity contribution in [2.75, 3.05) is 32.7 Å². The Balaban J connectivity index is 1.56. The summed E-state index contributed by atoms with van der Waals surface area (Å²) in [5.41, 5.74) is 0. The van der Waals surface area contributed by atoms with Gasteiger partial charge in [-0.1, -0.05) is 6.92 Å². The second kappa shape index (κ2) is 5.24. The van der Waals surface area contributed by atoms with E-state index in [1.54, 1.807) is 4.90 Å². The Morgan fingerprint density at radius 2 is 1.85 bits per heavy atom. The SMILES string of the molecule is C[C@@H]1CN(C(=O)NC2CN3CCC2CC3)C[C@H]1C(=O)O. The monoisotopic (exact) mass is 281 g/mol. The number of carboxylic acid groups (broad SMARTS) is 1. The number of nitrogens with zero attached hydrogens (tertiary/aromatic N) is 2. The van der Waals surface area contributed by atoms with Gasteiger partial charge >= 0.3 is 12.0 Å². The number of aliphatic carboxylic acids is 1. The highest BCUT2D eigenvalue weighted by Gasteiger charge is 2.39. The first kappa shape index (κ1) is 13.7. The molecular weight excluding hydrogens is 258 g/mol. The largest absolute Gasteiger partial charge is 0.481 e. The highest BCUT2D eigenvalue weighted by atomic mass is 16.4. The standard InChI is InChI=1S/C14H23N3O3/c1-9-6-17(7-11(9)13(18)19)14(20)15-12-8-16-4-2-10(12)3-5-16/h9-12H,2-8H2,1H3,(H,15,20)(H,18,19)/t9-,11-,12?/m1/s1. The Kier molecular flexibility index (Phi) is 3.58. The second-order valence-corrected chi connectivity index (χ2v) is 6.52. The van der Waals surface area contributed by atoms with Crippen molar-refractivity contribution >= 4 is 12.0 Å². The van der Waals surface area contributed by atoms with E-state index in [0.717, 1.165) is 19.6 Å². The smallest absolute Gasteiger partial charge is 0.317 e. The van der Waals surface area contributed by atoms with Crippen molar-refractivity contribution in [1.82, 2.24) is 15.1 Å². The Hall–Kier alpha value is -1.30. The lowest BCUT2D eigenvalue weighted by molar-refractivity contribution is -0.142. The molecule has 2 bridgehead atoms. The van der Waals surface area contributed by atoms with Crippen LogP contribution in [0.1, 0.15) is 19.8 Å². The molecule has 0 saturated carbocycles. The summed E-state index contributed by atoms with van der Waals surface area (Å²) in [6, 6.07) is 0.156. The maximum Gasteiger partial charge on any atom is 0.317 e. The Morgan fingerprint density at radius 3 is 2.35 bits per heavy atom. The van der Waals surface area contributed by atoms with E-state index in [9.17, 15) is 9.59 Å². The van der Waals surface area contributed by atoms with Gasteiger partial charge in [-0.3, -0.25) is 4.79 Å². The zero-order valence-corrected chi connectivity index (χ0v) is 11.9. The highest BCUT2D eigenvalue weighted by molar-refractivity contribution is 5.78. The summed E-state index contributed by atoms with van der Waals surface area (Å²) in [5.74, 6) is -0.591. The number of urea groups is 1. The molecule has 4 heterocycles. The van der Waals surface area contributed by atoms with Gasteiger partial charge < -0.3 is 20.2 Å². The fraction of sp³-hybridized carbons (Fsp3) is 0.857. The molecule has 20 heavy (non-hydrogen) atoms. The van der Waals surface area contributed by atoms with Crippen LogP contribution < -0.4 is 5.32 Å². The molecule has 4 aliphatic rings. The summed E-state index contributed by atoms with van der Waals surface area (Å²) in [7, 11) is 0. The average Bonchev–Trinajstić information content (AvgIpc) is 2.82. The molecule has 2 amide bonds. The molecule has 112 valence electrons. The maximum atomic E-state index is 12.3. The zero-order chi connectivity index (χ0) is 14.3. The summed E-state index contributed by atoms with van der Waals surface area (Å²) in [6.45, 7) is 6.04. The first-order chi connectivity index (χ1) is 9.54. The van der Waals surface area contributed by atoms with Gasteiger partial charge in [-0.05, 0) is 37.8 Å². The summed E-state index contributed by atoms with van der Waals surface area (Å²) >= 11 is 0. The zero-order valence-electron chi connectivity index (χ0n) is 11.9. The van der Waals surface area contributed by atoms with Crippen LogP contribution in [0.25, 0.3) is 0 Å². The van der Waals surface area contributed by atoms with Crippen molar-refractivity contribution in [3.05, 3.63) is 0 Å². The van der Waals surface area contributed by atoms with Crippen molar-refractivity contribution < 1.29 is 14.7 Å². The van der Waals surface area contributed by atoms with E-state index in [2.05, 4.69) is 10.2 Å². The number of hydrogen-bond acceptors (Lipinski definition) is 3.